The SMILES string of the molecule is NC1CCC([C@H](NC(=O)c2cccc(-n3cnnn3)c2)C(=O)N2C[C@H](Cl)[C@H]3OCC(=O)[C@H]32)CC1. The first kappa shape index (κ1) is 22.9. The first-order chi connectivity index (χ1) is 16.4. The number of carbonyl (C=O) groups is 3. The number of fused-ring (bicyclic) bond motifs is 1. The maximum absolute atomic E-state index is 13.8. The Kier molecular flexibility index (Phi) is 6.32. The van der Waals surface area contributed by atoms with Crippen LogP contribution in [-0.2, 0) is 14.3 Å². The van der Waals surface area contributed by atoms with Gasteiger partial charge in [-0.25, -0.2) is 4.68 Å². The van der Waals surface area contributed by atoms with Gasteiger partial charge in [0.05, 0.1) is 11.1 Å². The van der Waals surface area contributed by atoms with Crippen LogP contribution in [0.5, 0.6) is 0 Å². The van der Waals surface area contributed by atoms with E-state index in [1.807, 2.05) is 0 Å². The standard InChI is InChI=1S/C22H26ClN7O4/c23-16-9-29(19-17(31)10-34-20(16)19)22(33)18(12-4-6-14(24)7-5-12)26-21(32)13-2-1-3-15(8-13)30-11-25-27-28-30/h1-3,8,11-12,14,16,18-20H,4-7,9-10,24H2,(H,26,32)/t12?,14?,16-,18-,19+,20+/m0/s1. The first-order valence-electron chi connectivity index (χ1n) is 11.4. The Morgan fingerprint density at radius 3 is 2.76 bits per heavy atom. The topological polar surface area (TPSA) is 145 Å². The number of nitrogens with one attached hydrogen (secondary N) is 1. The van der Waals surface area contributed by atoms with E-state index in [9.17, 15) is 14.4 Å². The molecule has 2 aromatic rings. The van der Waals surface area contributed by atoms with Crippen molar-refractivity contribution in [1.29, 1.82) is 0 Å². The lowest BCUT2D eigenvalue weighted by Crippen LogP contribution is -2.55. The monoisotopic (exact) mass is 487 g/mol. The quantitative estimate of drug-likeness (QED) is 0.563. The van der Waals surface area contributed by atoms with E-state index >= 15 is 0 Å². The molecule has 1 aromatic heterocycles. The molecular formula is C22H26ClN7O4. The first-order valence-corrected chi connectivity index (χ1v) is 11.8. The van der Waals surface area contributed by atoms with E-state index in [2.05, 4.69) is 20.8 Å². The second-order valence-electron chi connectivity index (χ2n) is 9.12. The lowest BCUT2D eigenvalue weighted by molar-refractivity contribution is -0.139. The maximum atomic E-state index is 13.8. The Balaban J connectivity index is 1.39. The van der Waals surface area contributed by atoms with Crippen LogP contribution in [0.25, 0.3) is 5.69 Å². The summed E-state index contributed by atoms with van der Waals surface area (Å²) in [5, 5.41) is 13.6. The van der Waals surface area contributed by atoms with Gasteiger partial charge in [-0.05, 0) is 60.2 Å². The van der Waals surface area contributed by atoms with E-state index in [-0.39, 0.29) is 36.8 Å². The number of Topliss-reactive ketones (excluding diaryl/α,β-unsaturated/α-hetero) is 1. The summed E-state index contributed by atoms with van der Waals surface area (Å²) in [6.07, 6.45) is 3.87. The molecule has 3 fully saturated rings. The number of carbonyl (C=O) groups excluding carboxylic acids is 3. The highest BCUT2D eigenvalue weighted by molar-refractivity contribution is 6.22. The van der Waals surface area contributed by atoms with Crippen molar-refractivity contribution in [2.45, 2.75) is 55.3 Å². The van der Waals surface area contributed by atoms with Gasteiger partial charge in [0, 0.05) is 18.2 Å². The van der Waals surface area contributed by atoms with Crippen LogP contribution in [-0.4, -0.2) is 85.5 Å². The fourth-order valence-electron chi connectivity index (χ4n) is 5.16. The van der Waals surface area contributed by atoms with E-state index in [4.69, 9.17) is 22.1 Å². The molecule has 4 atom stereocenters. The molecule has 34 heavy (non-hydrogen) atoms. The van der Waals surface area contributed by atoms with Crippen LogP contribution < -0.4 is 11.1 Å². The number of rotatable bonds is 5. The Labute approximate surface area is 200 Å². The van der Waals surface area contributed by atoms with Crippen LogP contribution in [0, 0.1) is 5.92 Å². The number of alkyl halides is 1. The molecule has 180 valence electrons. The van der Waals surface area contributed by atoms with Gasteiger partial charge in [-0.2, -0.15) is 0 Å². The average Bonchev–Trinajstić information content (AvgIpc) is 3.58. The lowest BCUT2D eigenvalue weighted by atomic mass is 9.81. The molecule has 2 saturated heterocycles. The number of benzene rings is 1. The second-order valence-corrected chi connectivity index (χ2v) is 9.68. The molecule has 0 unspecified atom stereocenters. The average molecular weight is 488 g/mol. The van der Waals surface area contributed by atoms with Crippen molar-refractivity contribution >= 4 is 29.2 Å². The number of hydrogen-bond acceptors (Lipinski definition) is 8. The lowest BCUT2D eigenvalue weighted by Gasteiger charge is -2.35. The van der Waals surface area contributed by atoms with Gasteiger partial charge < -0.3 is 20.7 Å². The second kappa shape index (κ2) is 9.40. The minimum Gasteiger partial charge on any atom is -0.366 e. The van der Waals surface area contributed by atoms with Gasteiger partial charge >= 0.3 is 0 Å². The molecule has 11 nitrogen and oxygen atoms in total. The Morgan fingerprint density at radius 1 is 1.24 bits per heavy atom. The number of hydrogen-bond donors (Lipinski definition) is 2. The molecule has 1 aliphatic carbocycles. The smallest absolute Gasteiger partial charge is 0.252 e. The van der Waals surface area contributed by atoms with Crippen LogP contribution in [0.2, 0.25) is 0 Å². The number of halogens is 1. The summed E-state index contributed by atoms with van der Waals surface area (Å²) in [5.74, 6) is -0.951. The summed E-state index contributed by atoms with van der Waals surface area (Å²) >= 11 is 6.40. The number of nitrogens with zero attached hydrogens (tertiary/aromatic N) is 5. The van der Waals surface area contributed by atoms with E-state index in [1.165, 1.54) is 15.9 Å². The molecule has 5 rings (SSSR count). The number of nitrogens with two attached hydrogens (primary N) is 1. The molecule has 3 aliphatic rings. The number of ether oxygens (including phenoxy) is 1. The van der Waals surface area contributed by atoms with Gasteiger partial charge in [0.15, 0.2) is 5.78 Å². The third-order valence-corrected chi connectivity index (χ3v) is 7.35. The van der Waals surface area contributed by atoms with E-state index in [1.54, 1.807) is 24.3 Å². The normalized spacial score (nSPS) is 29.6. The van der Waals surface area contributed by atoms with Crippen LogP contribution in [0.4, 0.5) is 0 Å². The van der Waals surface area contributed by atoms with Crippen molar-refractivity contribution in [2.24, 2.45) is 11.7 Å². The zero-order valence-corrected chi connectivity index (χ0v) is 19.2. The molecule has 2 aliphatic heterocycles. The van der Waals surface area contributed by atoms with Gasteiger partial charge in [0.25, 0.3) is 5.91 Å². The molecule has 3 N–H and O–H groups in total. The Hall–Kier alpha value is -2.89. The number of likely N-dealkylation sites (tertiary alicyclic amines) is 1. The number of tetrazole rings is 1. The molecule has 1 saturated carbocycles. The van der Waals surface area contributed by atoms with Crippen molar-refractivity contribution in [2.75, 3.05) is 13.2 Å². The Morgan fingerprint density at radius 2 is 2.03 bits per heavy atom. The van der Waals surface area contributed by atoms with Gasteiger partial charge in [-0.3, -0.25) is 14.4 Å². The molecule has 0 spiro atoms. The molecule has 3 heterocycles. The minimum absolute atomic E-state index is 0.0540. The third kappa shape index (κ3) is 4.30. The van der Waals surface area contributed by atoms with Gasteiger partial charge in [-0.1, -0.05) is 6.07 Å². The summed E-state index contributed by atoms with van der Waals surface area (Å²) in [6, 6.07) is 5.39. The van der Waals surface area contributed by atoms with Crippen molar-refractivity contribution in [3.63, 3.8) is 0 Å². The zero-order chi connectivity index (χ0) is 23.8. The van der Waals surface area contributed by atoms with E-state index in [0.717, 1.165) is 12.8 Å². The van der Waals surface area contributed by atoms with Crippen molar-refractivity contribution in [1.82, 2.24) is 30.4 Å². The van der Waals surface area contributed by atoms with Gasteiger partial charge in [0.1, 0.15) is 31.1 Å². The van der Waals surface area contributed by atoms with Crippen LogP contribution in [0.1, 0.15) is 36.0 Å². The summed E-state index contributed by atoms with van der Waals surface area (Å²) in [4.78, 5) is 41.0. The fraction of sp³-hybridized carbons (Fsp3) is 0.545. The maximum Gasteiger partial charge on any atom is 0.252 e. The highest BCUT2D eigenvalue weighted by atomic mass is 35.5. The molecule has 0 radical (unpaired) electrons. The third-order valence-electron chi connectivity index (χ3n) is 6.97. The van der Waals surface area contributed by atoms with Crippen LogP contribution >= 0.6 is 11.6 Å². The molecule has 0 bridgehead atoms. The summed E-state index contributed by atoms with van der Waals surface area (Å²) in [5.41, 5.74) is 7.06. The Bertz CT molecular complexity index is 1070. The number of ketones is 1. The zero-order valence-electron chi connectivity index (χ0n) is 18.4. The molecule has 2 amide bonds. The molecule has 12 heteroatoms. The van der Waals surface area contributed by atoms with Gasteiger partial charge in [0.2, 0.25) is 5.91 Å². The van der Waals surface area contributed by atoms with E-state index in [0.29, 0.717) is 24.1 Å². The summed E-state index contributed by atoms with van der Waals surface area (Å²) < 4.78 is 6.97. The predicted molar refractivity (Wildman–Crippen MR) is 120 cm³/mol. The van der Waals surface area contributed by atoms with E-state index < -0.39 is 29.5 Å². The van der Waals surface area contributed by atoms with Gasteiger partial charge in [-0.15, -0.1) is 16.7 Å². The molecule has 1 aromatic carbocycles. The highest BCUT2D eigenvalue weighted by Gasteiger charge is 2.53. The minimum atomic E-state index is -0.798. The highest BCUT2D eigenvalue weighted by Crippen LogP contribution is 2.34. The predicted octanol–water partition coefficient (Wildman–Crippen LogP) is 0.0643. The van der Waals surface area contributed by atoms with Crippen molar-refractivity contribution in [3.8, 4) is 5.69 Å². The summed E-state index contributed by atoms with van der Waals surface area (Å²) in [6.45, 7) is 0.149. The van der Waals surface area contributed by atoms with Crippen molar-refractivity contribution in [3.05, 3.63) is 36.2 Å². The number of aromatic nitrogens is 4. The largest absolute Gasteiger partial charge is 0.366 e. The van der Waals surface area contributed by atoms with Crippen LogP contribution in [0.3, 0.4) is 0 Å². The number of amides is 2. The fourth-order valence-corrected chi connectivity index (χ4v) is 5.52. The molecular weight excluding hydrogens is 462 g/mol. The summed E-state index contributed by atoms with van der Waals surface area (Å²) in [7, 11) is 0. The van der Waals surface area contributed by atoms with Crippen molar-refractivity contribution < 1.29 is 19.1 Å². The van der Waals surface area contributed by atoms with Crippen LogP contribution in [0.15, 0.2) is 30.6 Å².